The standard InChI is InChI=1S/C18H37N5.HI/c1-4-22-13-9-16(10-14-22)8-11-20-18(19-3)21-15-17-7-6-12-23(17)5-2;/h16-17H,4-15H2,1-3H3,(H2,19,20,21);1H. The van der Waals surface area contributed by atoms with Crippen LogP contribution in [0.4, 0.5) is 0 Å². The van der Waals surface area contributed by atoms with Crippen LogP contribution in [-0.2, 0) is 0 Å². The summed E-state index contributed by atoms with van der Waals surface area (Å²) < 4.78 is 0. The van der Waals surface area contributed by atoms with Crippen LogP contribution in [0.5, 0.6) is 0 Å². The van der Waals surface area contributed by atoms with Crippen LogP contribution in [0.2, 0.25) is 0 Å². The molecule has 1 unspecified atom stereocenters. The number of guanidine groups is 1. The predicted molar refractivity (Wildman–Crippen MR) is 115 cm³/mol. The lowest BCUT2D eigenvalue weighted by molar-refractivity contribution is 0.187. The van der Waals surface area contributed by atoms with Crippen molar-refractivity contribution in [2.24, 2.45) is 10.9 Å². The van der Waals surface area contributed by atoms with E-state index in [1.54, 1.807) is 0 Å². The third-order valence-electron chi connectivity index (χ3n) is 5.63. The molecule has 2 fully saturated rings. The van der Waals surface area contributed by atoms with Crippen molar-refractivity contribution >= 4 is 29.9 Å². The van der Waals surface area contributed by atoms with E-state index in [0.717, 1.165) is 31.5 Å². The van der Waals surface area contributed by atoms with Gasteiger partial charge in [-0.15, -0.1) is 24.0 Å². The van der Waals surface area contributed by atoms with E-state index in [4.69, 9.17) is 0 Å². The van der Waals surface area contributed by atoms with Gasteiger partial charge in [0.1, 0.15) is 0 Å². The molecular weight excluding hydrogens is 413 g/mol. The van der Waals surface area contributed by atoms with Crippen molar-refractivity contribution in [1.29, 1.82) is 0 Å². The minimum Gasteiger partial charge on any atom is -0.356 e. The quantitative estimate of drug-likeness (QED) is 0.355. The lowest BCUT2D eigenvalue weighted by Gasteiger charge is -2.31. The number of nitrogens with zero attached hydrogens (tertiary/aromatic N) is 3. The van der Waals surface area contributed by atoms with E-state index in [2.05, 4.69) is 39.3 Å². The normalized spacial score (nSPS) is 24.0. The van der Waals surface area contributed by atoms with Crippen molar-refractivity contribution in [3.05, 3.63) is 0 Å². The highest BCUT2D eigenvalue weighted by Crippen LogP contribution is 2.19. The maximum Gasteiger partial charge on any atom is 0.191 e. The highest BCUT2D eigenvalue weighted by atomic mass is 127. The van der Waals surface area contributed by atoms with Crippen molar-refractivity contribution in [2.45, 2.75) is 52.0 Å². The van der Waals surface area contributed by atoms with Crippen molar-refractivity contribution in [2.75, 3.05) is 52.9 Å². The lowest BCUT2D eigenvalue weighted by Crippen LogP contribution is -2.45. The monoisotopic (exact) mass is 451 g/mol. The fourth-order valence-corrected chi connectivity index (χ4v) is 3.96. The lowest BCUT2D eigenvalue weighted by atomic mass is 9.93. The molecule has 2 saturated heterocycles. The Morgan fingerprint density at radius 3 is 2.42 bits per heavy atom. The van der Waals surface area contributed by atoms with Crippen LogP contribution in [-0.4, -0.2) is 74.7 Å². The smallest absolute Gasteiger partial charge is 0.191 e. The second kappa shape index (κ2) is 12.3. The first-order valence-corrected chi connectivity index (χ1v) is 9.67. The van der Waals surface area contributed by atoms with Crippen LogP contribution < -0.4 is 10.6 Å². The number of piperidine rings is 1. The minimum atomic E-state index is 0. The molecule has 24 heavy (non-hydrogen) atoms. The highest BCUT2D eigenvalue weighted by Gasteiger charge is 2.23. The van der Waals surface area contributed by atoms with Crippen molar-refractivity contribution in [1.82, 2.24) is 20.4 Å². The predicted octanol–water partition coefficient (Wildman–Crippen LogP) is 2.38. The van der Waals surface area contributed by atoms with E-state index in [1.807, 2.05) is 7.05 Å². The van der Waals surface area contributed by atoms with Gasteiger partial charge < -0.3 is 15.5 Å². The summed E-state index contributed by atoms with van der Waals surface area (Å²) >= 11 is 0. The molecule has 2 heterocycles. The molecule has 0 aliphatic carbocycles. The number of aliphatic imine (C=N–C) groups is 1. The van der Waals surface area contributed by atoms with Gasteiger partial charge in [-0.25, -0.2) is 0 Å². The fourth-order valence-electron chi connectivity index (χ4n) is 3.96. The molecule has 0 bridgehead atoms. The number of likely N-dealkylation sites (tertiary alicyclic amines) is 2. The van der Waals surface area contributed by atoms with Crippen LogP contribution >= 0.6 is 24.0 Å². The topological polar surface area (TPSA) is 42.9 Å². The summed E-state index contributed by atoms with van der Waals surface area (Å²) in [6.45, 7) is 12.8. The van der Waals surface area contributed by atoms with Crippen LogP contribution in [0.3, 0.4) is 0 Å². The number of likely N-dealkylation sites (N-methyl/N-ethyl adjacent to an activating group) is 1. The first-order chi connectivity index (χ1) is 11.3. The van der Waals surface area contributed by atoms with Gasteiger partial charge in [0.15, 0.2) is 5.96 Å². The molecule has 0 spiro atoms. The van der Waals surface area contributed by atoms with Gasteiger partial charge in [-0.3, -0.25) is 9.89 Å². The number of hydrogen-bond donors (Lipinski definition) is 2. The molecule has 0 radical (unpaired) electrons. The number of halogens is 1. The Balaban J connectivity index is 0.00000288. The molecule has 0 amide bonds. The Morgan fingerprint density at radius 2 is 1.79 bits per heavy atom. The van der Waals surface area contributed by atoms with E-state index in [9.17, 15) is 0 Å². The molecule has 2 rings (SSSR count). The van der Waals surface area contributed by atoms with Crippen LogP contribution in [0, 0.1) is 5.92 Å². The second-order valence-electron chi connectivity index (χ2n) is 6.97. The molecule has 0 aromatic carbocycles. The summed E-state index contributed by atoms with van der Waals surface area (Å²) in [5.74, 6) is 1.85. The molecule has 5 nitrogen and oxygen atoms in total. The van der Waals surface area contributed by atoms with Crippen molar-refractivity contribution in [3.63, 3.8) is 0 Å². The van der Waals surface area contributed by atoms with Crippen molar-refractivity contribution in [3.8, 4) is 0 Å². The fraction of sp³-hybridized carbons (Fsp3) is 0.944. The van der Waals surface area contributed by atoms with Crippen LogP contribution in [0.25, 0.3) is 0 Å². The Bertz CT molecular complexity index is 355. The van der Waals surface area contributed by atoms with Gasteiger partial charge in [0, 0.05) is 26.2 Å². The summed E-state index contributed by atoms with van der Waals surface area (Å²) in [7, 11) is 1.88. The summed E-state index contributed by atoms with van der Waals surface area (Å²) in [4.78, 5) is 9.51. The summed E-state index contributed by atoms with van der Waals surface area (Å²) in [5, 5.41) is 7.02. The van der Waals surface area contributed by atoms with Gasteiger partial charge in [-0.2, -0.15) is 0 Å². The number of hydrogen-bond acceptors (Lipinski definition) is 3. The number of nitrogens with one attached hydrogen (secondary N) is 2. The second-order valence-corrected chi connectivity index (χ2v) is 6.97. The van der Waals surface area contributed by atoms with E-state index in [0.29, 0.717) is 6.04 Å². The molecule has 2 aliphatic heterocycles. The molecule has 2 N–H and O–H groups in total. The average molecular weight is 451 g/mol. The van der Waals surface area contributed by atoms with Crippen LogP contribution in [0.1, 0.15) is 46.0 Å². The summed E-state index contributed by atoms with van der Waals surface area (Å²) in [5.41, 5.74) is 0. The van der Waals surface area contributed by atoms with Gasteiger partial charge in [0.2, 0.25) is 0 Å². The van der Waals surface area contributed by atoms with Gasteiger partial charge in [-0.05, 0) is 70.7 Å². The third-order valence-corrected chi connectivity index (χ3v) is 5.63. The summed E-state index contributed by atoms with van der Waals surface area (Å²) in [6, 6.07) is 0.678. The maximum atomic E-state index is 4.38. The molecule has 0 aromatic heterocycles. The maximum absolute atomic E-state index is 4.38. The Morgan fingerprint density at radius 1 is 1.04 bits per heavy atom. The Kier molecular flexibility index (Phi) is 11.3. The molecule has 2 aliphatic rings. The highest BCUT2D eigenvalue weighted by molar-refractivity contribution is 14.0. The van der Waals surface area contributed by atoms with Crippen LogP contribution in [0.15, 0.2) is 4.99 Å². The van der Waals surface area contributed by atoms with Gasteiger partial charge in [0.05, 0.1) is 0 Å². The average Bonchev–Trinajstić information content (AvgIpc) is 3.06. The SMILES string of the molecule is CCN1CCC(CCNC(=NC)NCC2CCCN2CC)CC1.I. The summed E-state index contributed by atoms with van der Waals surface area (Å²) in [6.07, 6.45) is 6.63. The van der Waals surface area contributed by atoms with Gasteiger partial charge >= 0.3 is 0 Å². The van der Waals surface area contributed by atoms with E-state index in [1.165, 1.54) is 58.3 Å². The molecule has 6 heteroatoms. The van der Waals surface area contributed by atoms with Crippen molar-refractivity contribution < 1.29 is 0 Å². The van der Waals surface area contributed by atoms with E-state index in [-0.39, 0.29) is 24.0 Å². The first kappa shape index (κ1) is 22.0. The molecule has 142 valence electrons. The minimum absolute atomic E-state index is 0. The molecule has 1 atom stereocenters. The zero-order valence-corrected chi connectivity index (χ0v) is 18.2. The zero-order chi connectivity index (χ0) is 16.5. The molecule has 0 aromatic rings. The Labute approximate surface area is 166 Å². The first-order valence-electron chi connectivity index (χ1n) is 9.67. The third kappa shape index (κ3) is 7.04. The largest absolute Gasteiger partial charge is 0.356 e. The Hall–Kier alpha value is -0.0800. The van der Waals surface area contributed by atoms with Gasteiger partial charge in [0.25, 0.3) is 0 Å². The molecule has 0 saturated carbocycles. The zero-order valence-electron chi connectivity index (χ0n) is 15.9. The number of rotatable bonds is 7. The van der Waals surface area contributed by atoms with E-state index < -0.39 is 0 Å². The van der Waals surface area contributed by atoms with E-state index >= 15 is 0 Å². The molecular formula is C18H38IN5. The van der Waals surface area contributed by atoms with Gasteiger partial charge in [-0.1, -0.05) is 13.8 Å².